The molecule has 0 bridgehead atoms. The number of nitrogens with one attached hydrogen (secondary N) is 1. The van der Waals surface area contributed by atoms with Gasteiger partial charge in [-0.1, -0.05) is 12.1 Å². The fourth-order valence-electron chi connectivity index (χ4n) is 2.56. The van der Waals surface area contributed by atoms with Crippen molar-refractivity contribution < 1.29 is 13.9 Å². The largest absolute Gasteiger partial charge is 0.487 e. The molecule has 1 N–H and O–H groups in total. The Kier molecular flexibility index (Phi) is 6.29. The summed E-state index contributed by atoms with van der Waals surface area (Å²) < 4.78 is 20.3. The first-order valence-corrected chi connectivity index (χ1v) is 10.1. The minimum absolute atomic E-state index is 0.147. The highest BCUT2D eigenvalue weighted by atomic mass is 79.9. The zero-order valence-electron chi connectivity index (χ0n) is 14.3. The van der Waals surface area contributed by atoms with Crippen molar-refractivity contribution in [2.75, 3.05) is 6.54 Å². The molecule has 8 heteroatoms. The average molecular weight is 514 g/mol. The third-order valence-corrected chi connectivity index (χ3v) is 5.41. The van der Waals surface area contributed by atoms with Crippen LogP contribution < -0.4 is 10.1 Å². The van der Waals surface area contributed by atoms with Gasteiger partial charge in [0, 0.05) is 6.54 Å². The van der Waals surface area contributed by atoms with Crippen molar-refractivity contribution in [3.8, 4) is 5.75 Å². The molecular weight excluding hydrogens is 499 g/mol. The van der Waals surface area contributed by atoms with Crippen LogP contribution in [-0.2, 0) is 11.4 Å². The van der Waals surface area contributed by atoms with Crippen LogP contribution in [-0.4, -0.2) is 22.5 Å². The van der Waals surface area contributed by atoms with E-state index in [9.17, 15) is 9.18 Å². The minimum Gasteiger partial charge on any atom is -0.487 e. The highest BCUT2D eigenvalue weighted by Crippen LogP contribution is 2.36. The predicted octanol–water partition coefficient (Wildman–Crippen LogP) is 5.01. The number of rotatable bonds is 5. The Balaban J connectivity index is 1.79. The molecule has 0 radical (unpaired) electrons. The van der Waals surface area contributed by atoms with Crippen LogP contribution in [0.1, 0.15) is 18.1 Å². The molecule has 3 rings (SSSR count). The second kappa shape index (κ2) is 8.50. The van der Waals surface area contributed by atoms with Gasteiger partial charge in [0.25, 0.3) is 5.91 Å². The third-order valence-electron chi connectivity index (χ3n) is 3.91. The number of nitrogens with zero attached hydrogens (tertiary/aromatic N) is 1. The Bertz CT molecular complexity index is 909. The monoisotopic (exact) mass is 512 g/mol. The molecule has 0 aromatic heterocycles. The van der Waals surface area contributed by atoms with Crippen LogP contribution in [0, 0.1) is 5.82 Å². The Morgan fingerprint density at radius 1 is 1.22 bits per heavy atom. The van der Waals surface area contributed by atoms with Gasteiger partial charge in [-0.2, -0.15) is 0 Å². The maximum atomic E-state index is 13.0. The molecule has 27 heavy (non-hydrogen) atoms. The average Bonchev–Trinajstić information content (AvgIpc) is 2.88. The van der Waals surface area contributed by atoms with Crippen LogP contribution >= 0.6 is 44.1 Å². The number of likely N-dealkylation sites (N-methyl/N-ethyl adjacent to an activating group) is 1. The summed E-state index contributed by atoms with van der Waals surface area (Å²) >= 11 is 12.2. The molecule has 1 saturated heterocycles. The van der Waals surface area contributed by atoms with Gasteiger partial charge >= 0.3 is 0 Å². The molecule has 0 atom stereocenters. The summed E-state index contributed by atoms with van der Waals surface area (Å²) in [4.78, 5) is 13.8. The zero-order valence-corrected chi connectivity index (χ0v) is 18.3. The molecule has 1 heterocycles. The summed E-state index contributed by atoms with van der Waals surface area (Å²) in [5.41, 5.74) is 2.09. The zero-order chi connectivity index (χ0) is 19.6. The molecule has 0 unspecified atom stereocenters. The SMILES string of the molecule is CCN1C(=O)/C(=C\c2cc(Br)c(OCc3ccc(F)cc3)c(Br)c2)NC1=S. The maximum absolute atomic E-state index is 13.0. The number of benzene rings is 2. The first kappa shape index (κ1) is 20.0. The van der Waals surface area contributed by atoms with Crippen LogP contribution in [0.25, 0.3) is 6.08 Å². The van der Waals surface area contributed by atoms with E-state index in [0.717, 1.165) is 20.1 Å². The summed E-state index contributed by atoms with van der Waals surface area (Å²) in [7, 11) is 0. The lowest BCUT2D eigenvalue weighted by Crippen LogP contribution is -2.30. The first-order chi connectivity index (χ1) is 12.9. The van der Waals surface area contributed by atoms with E-state index in [0.29, 0.717) is 29.7 Å². The van der Waals surface area contributed by atoms with E-state index in [1.165, 1.54) is 17.0 Å². The van der Waals surface area contributed by atoms with Crippen molar-refractivity contribution in [3.63, 3.8) is 0 Å². The number of hydrogen-bond acceptors (Lipinski definition) is 3. The van der Waals surface area contributed by atoms with Crippen LogP contribution in [0.4, 0.5) is 4.39 Å². The summed E-state index contributed by atoms with van der Waals surface area (Å²) in [6, 6.07) is 9.85. The molecule has 140 valence electrons. The highest BCUT2D eigenvalue weighted by molar-refractivity contribution is 9.11. The van der Waals surface area contributed by atoms with Gasteiger partial charge in [-0.25, -0.2) is 4.39 Å². The van der Waals surface area contributed by atoms with E-state index in [1.54, 1.807) is 18.2 Å². The van der Waals surface area contributed by atoms with Crippen molar-refractivity contribution in [1.82, 2.24) is 10.2 Å². The molecular formula is C19H15Br2FN2O2S. The van der Waals surface area contributed by atoms with E-state index in [4.69, 9.17) is 17.0 Å². The molecule has 0 spiro atoms. The van der Waals surface area contributed by atoms with Gasteiger partial charge in [0.05, 0.1) is 8.95 Å². The van der Waals surface area contributed by atoms with Crippen LogP contribution in [0.5, 0.6) is 5.75 Å². The van der Waals surface area contributed by atoms with E-state index in [2.05, 4.69) is 37.2 Å². The Morgan fingerprint density at radius 3 is 2.41 bits per heavy atom. The van der Waals surface area contributed by atoms with E-state index in [-0.39, 0.29) is 11.7 Å². The summed E-state index contributed by atoms with van der Waals surface area (Å²) in [5, 5.41) is 3.34. The number of ether oxygens (including phenoxy) is 1. The Hall–Kier alpha value is -1.77. The van der Waals surface area contributed by atoms with Gasteiger partial charge in [0.15, 0.2) is 5.11 Å². The lowest BCUT2D eigenvalue weighted by Gasteiger charge is -2.12. The molecule has 0 aliphatic carbocycles. The number of thiocarbonyl (C=S) groups is 1. The summed E-state index contributed by atoms with van der Waals surface area (Å²) in [6.07, 6.45) is 1.74. The standard InChI is InChI=1S/C19H15Br2FN2O2S/c1-2-24-18(25)16(23-19(24)27)9-12-7-14(20)17(15(21)8-12)26-10-11-3-5-13(22)6-4-11/h3-9H,2,10H2,1H3,(H,23,27)/b16-9+. The molecule has 4 nitrogen and oxygen atoms in total. The van der Waals surface area contributed by atoms with E-state index < -0.39 is 0 Å². The molecule has 2 aromatic rings. The normalized spacial score (nSPS) is 15.4. The quantitative estimate of drug-likeness (QED) is 0.451. The fraction of sp³-hybridized carbons (Fsp3) is 0.158. The molecule has 2 aromatic carbocycles. The molecule has 1 amide bonds. The van der Waals surface area contributed by atoms with Gasteiger partial charge < -0.3 is 10.1 Å². The number of carbonyl (C=O) groups is 1. The van der Waals surface area contributed by atoms with Crippen LogP contribution in [0.15, 0.2) is 51.0 Å². The van der Waals surface area contributed by atoms with E-state index in [1.807, 2.05) is 19.1 Å². The van der Waals surface area contributed by atoms with E-state index >= 15 is 0 Å². The Labute approximate surface area is 178 Å². The summed E-state index contributed by atoms with van der Waals surface area (Å²) in [5.74, 6) is 0.193. The van der Waals surface area contributed by atoms with Crippen LogP contribution in [0.2, 0.25) is 0 Å². The molecule has 1 fully saturated rings. The topological polar surface area (TPSA) is 41.6 Å². The maximum Gasteiger partial charge on any atom is 0.276 e. The number of amides is 1. The van der Waals surface area contributed by atoms with Crippen molar-refractivity contribution >= 4 is 61.2 Å². The smallest absolute Gasteiger partial charge is 0.276 e. The summed E-state index contributed by atoms with van der Waals surface area (Å²) in [6.45, 7) is 2.69. The molecule has 1 aliphatic heterocycles. The third kappa shape index (κ3) is 4.56. The lowest BCUT2D eigenvalue weighted by atomic mass is 10.2. The lowest BCUT2D eigenvalue weighted by molar-refractivity contribution is -0.122. The van der Waals surface area contributed by atoms with Crippen LogP contribution in [0.3, 0.4) is 0 Å². The minimum atomic E-state index is -0.283. The van der Waals surface area contributed by atoms with Gasteiger partial charge in [-0.15, -0.1) is 0 Å². The number of hydrogen-bond donors (Lipinski definition) is 1. The van der Waals surface area contributed by atoms with Crippen molar-refractivity contribution in [3.05, 3.63) is 68.0 Å². The van der Waals surface area contributed by atoms with Crippen molar-refractivity contribution in [2.45, 2.75) is 13.5 Å². The Morgan fingerprint density at radius 2 is 1.85 bits per heavy atom. The van der Waals surface area contributed by atoms with Gasteiger partial charge in [0.1, 0.15) is 23.9 Å². The van der Waals surface area contributed by atoms with Gasteiger partial charge in [-0.05, 0) is 92.5 Å². The second-order valence-corrected chi connectivity index (χ2v) is 7.86. The highest BCUT2D eigenvalue weighted by Gasteiger charge is 2.29. The second-order valence-electron chi connectivity index (χ2n) is 5.77. The number of carbonyl (C=O) groups excluding carboxylic acids is 1. The van der Waals surface area contributed by atoms with Crippen molar-refractivity contribution in [2.24, 2.45) is 0 Å². The first-order valence-electron chi connectivity index (χ1n) is 8.10. The molecule has 0 saturated carbocycles. The van der Waals surface area contributed by atoms with Gasteiger partial charge in [0.2, 0.25) is 0 Å². The fourth-order valence-corrected chi connectivity index (χ4v) is 4.34. The predicted molar refractivity (Wildman–Crippen MR) is 114 cm³/mol. The van der Waals surface area contributed by atoms with Gasteiger partial charge in [-0.3, -0.25) is 9.69 Å². The molecule has 1 aliphatic rings. The van der Waals surface area contributed by atoms with Crippen molar-refractivity contribution in [1.29, 1.82) is 0 Å². The number of halogens is 3.